The van der Waals surface area contributed by atoms with E-state index in [1.54, 1.807) is 36.4 Å². The molecule has 0 heterocycles. The lowest BCUT2D eigenvalue weighted by Crippen LogP contribution is -2.53. The SMILES string of the molecule is O=C(O)C(O)CNC(=O)C(Cc1ccccc1)NC(CCc1ccc(O)cc1)C(=O)O. The highest BCUT2D eigenvalue weighted by Crippen LogP contribution is 2.13. The number of aromatic hydroxyl groups is 1. The van der Waals surface area contributed by atoms with Crippen LogP contribution in [0.25, 0.3) is 0 Å². The van der Waals surface area contributed by atoms with Gasteiger partial charge in [-0.05, 0) is 42.5 Å². The van der Waals surface area contributed by atoms with Crippen molar-refractivity contribution in [1.29, 1.82) is 0 Å². The van der Waals surface area contributed by atoms with Crippen molar-refractivity contribution in [1.82, 2.24) is 10.6 Å². The van der Waals surface area contributed by atoms with E-state index in [1.807, 2.05) is 6.07 Å². The minimum Gasteiger partial charge on any atom is -0.508 e. The molecule has 0 spiro atoms. The molecule has 6 N–H and O–H groups in total. The van der Waals surface area contributed by atoms with Crippen LogP contribution in [0.15, 0.2) is 54.6 Å². The number of nitrogens with one attached hydrogen (secondary N) is 2. The van der Waals surface area contributed by atoms with Gasteiger partial charge in [0.15, 0.2) is 6.10 Å². The van der Waals surface area contributed by atoms with Crippen molar-refractivity contribution in [3.8, 4) is 5.75 Å². The first-order chi connectivity index (χ1) is 14.8. The molecule has 2 aromatic carbocycles. The molecule has 0 aromatic heterocycles. The van der Waals surface area contributed by atoms with E-state index in [-0.39, 0.29) is 18.6 Å². The molecule has 31 heavy (non-hydrogen) atoms. The molecule has 9 heteroatoms. The molecule has 0 saturated heterocycles. The standard InChI is InChI=1S/C22H26N2O7/c25-16-9-6-14(7-10-16)8-11-17(21(28)29)24-18(12-15-4-2-1-3-5-15)20(27)23-13-19(26)22(30)31/h1-7,9-10,17-19,24-26H,8,11-13H2,(H,23,27)(H,28,29)(H,30,31). The Labute approximate surface area is 179 Å². The molecule has 2 aromatic rings. The number of hydrogen-bond donors (Lipinski definition) is 6. The monoisotopic (exact) mass is 430 g/mol. The number of phenolic OH excluding ortho intramolecular Hbond substituents is 1. The van der Waals surface area contributed by atoms with Crippen LogP contribution in [0, 0.1) is 0 Å². The smallest absolute Gasteiger partial charge is 0.334 e. The maximum atomic E-state index is 12.6. The number of carboxylic acids is 2. The van der Waals surface area contributed by atoms with Crippen molar-refractivity contribution in [3.05, 3.63) is 65.7 Å². The number of aliphatic carboxylic acids is 2. The molecule has 3 atom stereocenters. The molecular weight excluding hydrogens is 404 g/mol. The van der Waals surface area contributed by atoms with E-state index in [2.05, 4.69) is 10.6 Å². The van der Waals surface area contributed by atoms with Gasteiger partial charge in [-0.25, -0.2) is 4.79 Å². The molecule has 2 rings (SSSR count). The third-order valence-electron chi connectivity index (χ3n) is 4.71. The highest BCUT2D eigenvalue weighted by atomic mass is 16.4. The summed E-state index contributed by atoms with van der Waals surface area (Å²) in [5.41, 5.74) is 1.62. The third kappa shape index (κ3) is 8.07. The number of aliphatic hydroxyl groups excluding tert-OH is 1. The predicted octanol–water partition coefficient (Wildman–Crippen LogP) is 0.541. The quantitative estimate of drug-likeness (QED) is 0.285. The van der Waals surface area contributed by atoms with Crippen LogP contribution in [0.5, 0.6) is 5.75 Å². The van der Waals surface area contributed by atoms with Gasteiger partial charge in [-0.2, -0.15) is 0 Å². The predicted molar refractivity (Wildman–Crippen MR) is 112 cm³/mol. The summed E-state index contributed by atoms with van der Waals surface area (Å²) in [7, 11) is 0. The number of aliphatic hydroxyl groups is 1. The zero-order valence-electron chi connectivity index (χ0n) is 16.8. The summed E-state index contributed by atoms with van der Waals surface area (Å²) in [5.74, 6) is -3.10. The molecule has 0 saturated carbocycles. The zero-order valence-corrected chi connectivity index (χ0v) is 16.8. The Balaban J connectivity index is 2.09. The fraction of sp³-hybridized carbons (Fsp3) is 0.318. The largest absolute Gasteiger partial charge is 0.508 e. The number of amides is 1. The van der Waals surface area contributed by atoms with Gasteiger partial charge in [-0.3, -0.25) is 14.9 Å². The maximum Gasteiger partial charge on any atom is 0.334 e. The Bertz CT molecular complexity index is 871. The minimum absolute atomic E-state index is 0.111. The maximum absolute atomic E-state index is 12.6. The second kappa shape index (κ2) is 11.7. The number of aryl methyl sites for hydroxylation is 1. The van der Waals surface area contributed by atoms with Crippen LogP contribution in [-0.4, -0.2) is 63.0 Å². The number of carbonyl (C=O) groups is 3. The van der Waals surface area contributed by atoms with Crippen molar-refractivity contribution >= 4 is 17.8 Å². The lowest BCUT2D eigenvalue weighted by atomic mass is 10.0. The first kappa shape index (κ1) is 23.8. The summed E-state index contributed by atoms with van der Waals surface area (Å²) in [6, 6.07) is 13.4. The van der Waals surface area contributed by atoms with Crippen molar-refractivity contribution in [3.63, 3.8) is 0 Å². The van der Waals surface area contributed by atoms with Gasteiger partial charge in [-0.1, -0.05) is 42.5 Å². The molecule has 1 amide bonds. The third-order valence-corrected chi connectivity index (χ3v) is 4.71. The van der Waals surface area contributed by atoms with Crippen LogP contribution in [0.4, 0.5) is 0 Å². The van der Waals surface area contributed by atoms with Crippen molar-refractivity contribution in [2.24, 2.45) is 0 Å². The van der Waals surface area contributed by atoms with E-state index in [9.17, 15) is 29.7 Å². The Morgan fingerprint density at radius 1 is 0.839 bits per heavy atom. The van der Waals surface area contributed by atoms with Crippen LogP contribution in [-0.2, 0) is 27.2 Å². The van der Waals surface area contributed by atoms with E-state index in [1.165, 1.54) is 12.1 Å². The molecular formula is C22H26N2O7. The van der Waals surface area contributed by atoms with Gasteiger partial charge in [0.2, 0.25) is 5.91 Å². The normalized spacial score (nSPS) is 13.7. The van der Waals surface area contributed by atoms with E-state index >= 15 is 0 Å². The van der Waals surface area contributed by atoms with E-state index in [0.29, 0.717) is 6.42 Å². The summed E-state index contributed by atoms with van der Waals surface area (Å²) in [4.78, 5) is 35.2. The number of carboxylic acid groups (broad SMARTS) is 2. The zero-order chi connectivity index (χ0) is 22.8. The summed E-state index contributed by atoms with van der Waals surface area (Å²) >= 11 is 0. The van der Waals surface area contributed by atoms with Crippen LogP contribution in [0.3, 0.4) is 0 Å². The topological polar surface area (TPSA) is 156 Å². The molecule has 0 aliphatic heterocycles. The number of carbonyl (C=O) groups excluding carboxylic acids is 1. The first-order valence-electron chi connectivity index (χ1n) is 9.75. The molecule has 0 aliphatic rings. The van der Waals surface area contributed by atoms with Crippen molar-refractivity contribution in [2.75, 3.05) is 6.54 Å². The molecule has 3 unspecified atom stereocenters. The molecule has 0 bridgehead atoms. The van der Waals surface area contributed by atoms with Gasteiger partial charge in [0.05, 0.1) is 12.6 Å². The number of rotatable bonds is 12. The first-order valence-corrected chi connectivity index (χ1v) is 9.75. The summed E-state index contributed by atoms with van der Waals surface area (Å²) < 4.78 is 0. The minimum atomic E-state index is -1.76. The fourth-order valence-corrected chi connectivity index (χ4v) is 2.98. The summed E-state index contributed by atoms with van der Waals surface area (Å²) in [6.45, 7) is -0.494. The average molecular weight is 430 g/mol. The van der Waals surface area contributed by atoms with Crippen LogP contribution >= 0.6 is 0 Å². The number of benzene rings is 2. The number of hydrogen-bond acceptors (Lipinski definition) is 6. The van der Waals surface area contributed by atoms with Gasteiger partial charge in [0, 0.05) is 0 Å². The van der Waals surface area contributed by atoms with Gasteiger partial charge in [0.25, 0.3) is 0 Å². The van der Waals surface area contributed by atoms with Crippen molar-refractivity contribution < 1.29 is 34.8 Å². The lowest BCUT2D eigenvalue weighted by Gasteiger charge is -2.23. The van der Waals surface area contributed by atoms with Crippen LogP contribution < -0.4 is 10.6 Å². The Morgan fingerprint density at radius 2 is 1.48 bits per heavy atom. The molecule has 166 valence electrons. The average Bonchev–Trinajstić information content (AvgIpc) is 2.75. The molecule has 0 radical (unpaired) electrons. The summed E-state index contributed by atoms with van der Waals surface area (Å²) in [6.07, 6.45) is -0.984. The second-order valence-electron chi connectivity index (χ2n) is 7.10. The Morgan fingerprint density at radius 3 is 2.06 bits per heavy atom. The fourth-order valence-electron chi connectivity index (χ4n) is 2.98. The lowest BCUT2D eigenvalue weighted by molar-refractivity contribution is -0.146. The van der Waals surface area contributed by atoms with Crippen LogP contribution in [0.1, 0.15) is 17.5 Å². The molecule has 9 nitrogen and oxygen atoms in total. The Kier molecular flexibility index (Phi) is 8.98. The second-order valence-corrected chi connectivity index (χ2v) is 7.10. The molecule has 0 aliphatic carbocycles. The van der Waals surface area contributed by atoms with E-state index < -0.39 is 42.6 Å². The van der Waals surface area contributed by atoms with Gasteiger partial charge in [-0.15, -0.1) is 0 Å². The Hall–Kier alpha value is -3.43. The van der Waals surface area contributed by atoms with E-state index in [4.69, 9.17) is 5.11 Å². The van der Waals surface area contributed by atoms with Gasteiger partial charge >= 0.3 is 11.9 Å². The van der Waals surface area contributed by atoms with Gasteiger partial charge in [0.1, 0.15) is 11.8 Å². The highest BCUT2D eigenvalue weighted by Gasteiger charge is 2.27. The van der Waals surface area contributed by atoms with Crippen molar-refractivity contribution in [2.45, 2.75) is 37.5 Å². The molecule has 0 fully saturated rings. The summed E-state index contributed by atoms with van der Waals surface area (Å²) in [5, 5.41) is 42.4. The highest BCUT2D eigenvalue weighted by molar-refractivity contribution is 5.84. The number of phenols is 1. The van der Waals surface area contributed by atoms with Gasteiger partial charge < -0.3 is 25.7 Å². The van der Waals surface area contributed by atoms with Crippen LogP contribution in [0.2, 0.25) is 0 Å². The van der Waals surface area contributed by atoms with E-state index in [0.717, 1.165) is 11.1 Å².